The van der Waals surface area contributed by atoms with Gasteiger partial charge in [0.2, 0.25) is 5.91 Å². The fraction of sp³-hybridized carbons (Fsp3) is 0.263. The van der Waals surface area contributed by atoms with Crippen LogP contribution in [0.4, 0.5) is 0 Å². The van der Waals surface area contributed by atoms with Crippen molar-refractivity contribution in [1.29, 1.82) is 0 Å². The molecule has 0 saturated heterocycles. The summed E-state index contributed by atoms with van der Waals surface area (Å²) in [5, 5.41) is 0.515. The molecule has 0 aliphatic carbocycles. The van der Waals surface area contributed by atoms with Crippen LogP contribution in [0.25, 0.3) is 11.1 Å². The molecule has 0 unspecified atom stereocenters. The van der Waals surface area contributed by atoms with Gasteiger partial charge in [-0.05, 0) is 17.7 Å². The van der Waals surface area contributed by atoms with Crippen LogP contribution in [0.5, 0.6) is 0 Å². The van der Waals surface area contributed by atoms with E-state index in [4.69, 9.17) is 9.15 Å². The third-order valence-electron chi connectivity index (χ3n) is 3.73. The van der Waals surface area contributed by atoms with Crippen LogP contribution in [0.3, 0.4) is 0 Å². The molecule has 0 fully saturated rings. The summed E-state index contributed by atoms with van der Waals surface area (Å²) in [5.41, 5.74) is 2.63. The predicted molar refractivity (Wildman–Crippen MR) is 98.5 cm³/mol. The molecule has 0 radical (unpaired) electrons. The molecule has 3 rings (SSSR count). The summed E-state index contributed by atoms with van der Waals surface area (Å²) < 4.78 is 10.8. The molecule has 0 aliphatic heterocycles. The molecule has 0 aliphatic rings. The van der Waals surface area contributed by atoms with Crippen LogP contribution >= 0.6 is 11.8 Å². The number of amides is 1. The van der Waals surface area contributed by atoms with Crippen molar-refractivity contribution in [1.82, 2.24) is 9.88 Å². The Labute approximate surface area is 151 Å². The number of ether oxygens (including phenoxy) is 1. The van der Waals surface area contributed by atoms with Gasteiger partial charge in [0, 0.05) is 20.2 Å². The van der Waals surface area contributed by atoms with E-state index in [1.165, 1.54) is 11.8 Å². The van der Waals surface area contributed by atoms with E-state index in [9.17, 15) is 4.79 Å². The quantitative estimate of drug-likeness (QED) is 0.577. The molecular weight excluding hydrogens is 336 g/mol. The number of hydrogen-bond donors (Lipinski definition) is 0. The maximum Gasteiger partial charge on any atom is 0.257 e. The first-order valence-electron chi connectivity index (χ1n) is 8.05. The average molecular weight is 356 g/mol. The standard InChI is InChI=1S/C19H20N2O3S/c1-23-12-11-21(13-15-7-3-2-4-8-15)18(22)14-25-19-20-16-9-5-6-10-17(16)24-19/h2-10H,11-14H2,1H3. The number of thioether (sulfide) groups is 1. The number of hydrogen-bond acceptors (Lipinski definition) is 5. The van der Waals surface area contributed by atoms with Crippen molar-refractivity contribution in [3.63, 3.8) is 0 Å². The minimum absolute atomic E-state index is 0.0353. The van der Waals surface area contributed by atoms with Crippen LogP contribution in [0.15, 0.2) is 64.2 Å². The van der Waals surface area contributed by atoms with E-state index in [1.54, 1.807) is 12.0 Å². The number of benzene rings is 2. The van der Waals surface area contributed by atoms with Gasteiger partial charge in [0.1, 0.15) is 5.52 Å². The summed E-state index contributed by atoms with van der Waals surface area (Å²) in [6.45, 7) is 1.63. The van der Waals surface area contributed by atoms with Crippen LogP contribution in [0.2, 0.25) is 0 Å². The number of aromatic nitrogens is 1. The van der Waals surface area contributed by atoms with E-state index >= 15 is 0 Å². The minimum Gasteiger partial charge on any atom is -0.431 e. The summed E-state index contributed by atoms with van der Waals surface area (Å²) in [4.78, 5) is 18.8. The molecule has 0 N–H and O–H groups in total. The monoisotopic (exact) mass is 356 g/mol. The predicted octanol–water partition coefficient (Wildman–Crippen LogP) is 3.60. The smallest absolute Gasteiger partial charge is 0.257 e. The van der Waals surface area contributed by atoms with Gasteiger partial charge in [0.05, 0.1) is 12.4 Å². The molecule has 1 amide bonds. The number of oxazole rings is 1. The molecule has 0 saturated carbocycles. The SMILES string of the molecule is COCCN(Cc1ccccc1)C(=O)CSc1nc2ccccc2o1. The van der Waals surface area contributed by atoms with E-state index in [-0.39, 0.29) is 11.7 Å². The second-order valence-electron chi connectivity index (χ2n) is 5.53. The lowest BCUT2D eigenvalue weighted by Gasteiger charge is -2.22. The third-order valence-corrected chi connectivity index (χ3v) is 4.54. The number of carbonyl (C=O) groups excluding carboxylic acids is 1. The maximum absolute atomic E-state index is 12.6. The number of rotatable bonds is 8. The van der Waals surface area contributed by atoms with Gasteiger partial charge in [-0.3, -0.25) is 4.79 Å². The first kappa shape index (κ1) is 17.5. The van der Waals surface area contributed by atoms with Crippen molar-refractivity contribution >= 4 is 28.8 Å². The second kappa shape index (κ2) is 8.69. The van der Waals surface area contributed by atoms with Gasteiger partial charge in [-0.25, -0.2) is 4.98 Å². The zero-order valence-corrected chi connectivity index (χ0v) is 14.9. The largest absolute Gasteiger partial charge is 0.431 e. The van der Waals surface area contributed by atoms with Gasteiger partial charge in [0.15, 0.2) is 5.58 Å². The number of para-hydroxylation sites is 2. The maximum atomic E-state index is 12.6. The summed E-state index contributed by atoms with van der Waals surface area (Å²) in [7, 11) is 1.64. The molecule has 130 valence electrons. The minimum atomic E-state index is 0.0353. The van der Waals surface area contributed by atoms with Crippen molar-refractivity contribution in [2.45, 2.75) is 11.8 Å². The number of carbonyl (C=O) groups is 1. The van der Waals surface area contributed by atoms with Crippen LogP contribution in [0.1, 0.15) is 5.56 Å². The fourth-order valence-electron chi connectivity index (χ4n) is 2.42. The highest BCUT2D eigenvalue weighted by Gasteiger charge is 2.16. The molecule has 1 aromatic heterocycles. The average Bonchev–Trinajstić information content (AvgIpc) is 3.07. The first-order chi connectivity index (χ1) is 12.3. The van der Waals surface area contributed by atoms with Gasteiger partial charge < -0.3 is 14.1 Å². The molecule has 6 heteroatoms. The van der Waals surface area contributed by atoms with E-state index in [1.807, 2.05) is 54.6 Å². The van der Waals surface area contributed by atoms with Crippen LogP contribution in [-0.4, -0.2) is 41.8 Å². The Kier molecular flexibility index (Phi) is 6.09. The van der Waals surface area contributed by atoms with E-state index < -0.39 is 0 Å². The highest BCUT2D eigenvalue weighted by Crippen LogP contribution is 2.23. The van der Waals surface area contributed by atoms with E-state index in [0.717, 1.165) is 16.7 Å². The zero-order valence-electron chi connectivity index (χ0n) is 14.1. The van der Waals surface area contributed by atoms with Crippen LogP contribution < -0.4 is 0 Å². The van der Waals surface area contributed by atoms with E-state index in [0.29, 0.717) is 24.9 Å². The molecule has 0 atom stereocenters. The Hall–Kier alpha value is -2.31. The Morgan fingerprint density at radius 3 is 2.68 bits per heavy atom. The Bertz CT molecular complexity index is 787. The second-order valence-corrected chi connectivity index (χ2v) is 6.46. The van der Waals surface area contributed by atoms with Crippen LogP contribution in [0, 0.1) is 0 Å². The summed E-state index contributed by atoms with van der Waals surface area (Å²) >= 11 is 1.32. The molecule has 0 spiro atoms. The van der Waals surface area contributed by atoms with E-state index in [2.05, 4.69) is 4.98 Å². The van der Waals surface area contributed by atoms with Crippen molar-refractivity contribution in [3.8, 4) is 0 Å². The molecule has 3 aromatic rings. The number of nitrogens with zero attached hydrogens (tertiary/aromatic N) is 2. The Morgan fingerprint density at radius 2 is 1.92 bits per heavy atom. The lowest BCUT2D eigenvalue weighted by molar-refractivity contribution is -0.129. The number of fused-ring (bicyclic) bond motifs is 1. The number of methoxy groups -OCH3 is 1. The summed E-state index contributed by atoms with van der Waals surface area (Å²) in [6, 6.07) is 17.5. The van der Waals surface area contributed by atoms with Gasteiger partial charge in [-0.1, -0.05) is 54.2 Å². The van der Waals surface area contributed by atoms with Crippen molar-refractivity contribution in [2.75, 3.05) is 26.0 Å². The van der Waals surface area contributed by atoms with Gasteiger partial charge in [-0.15, -0.1) is 0 Å². The summed E-state index contributed by atoms with van der Waals surface area (Å²) in [5.74, 6) is 0.316. The van der Waals surface area contributed by atoms with Gasteiger partial charge >= 0.3 is 0 Å². The Balaban J connectivity index is 1.62. The summed E-state index contributed by atoms with van der Waals surface area (Å²) in [6.07, 6.45) is 0. The van der Waals surface area contributed by atoms with Gasteiger partial charge in [0.25, 0.3) is 5.22 Å². The molecule has 1 heterocycles. The normalized spacial score (nSPS) is 10.9. The lowest BCUT2D eigenvalue weighted by atomic mass is 10.2. The molecule has 25 heavy (non-hydrogen) atoms. The zero-order chi connectivity index (χ0) is 17.5. The van der Waals surface area contributed by atoms with Gasteiger partial charge in [-0.2, -0.15) is 0 Å². The van der Waals surface area contributed by atoms with Crippen molar-refractivity contribution in [2.24, 2.45) is 0 Å². The van der Waals surface area contributed by atoms with Crippen LogP contribution in [-0.2, 0) is 16.1 Å². The molecule has 5 nitrogen and oxygen atoms in total. The highest BCUT2D eigenvalue weighted by molar-refractivity contribution is 7.99. The van der Waals surface area contributed by atoms with Crippen molar-refractivity contribution < 1.29 is 13.9 Å². The first-order valence-corrected chi connectivity index (χ1v) is 9.04. The Morgan fingerprint density at radius 1 is 1.16 bits per heavy atom. The highest BCUT2D eigenvalue weighted by atomic mass is 32.2. The lowest BCUT2D eigenvalue weighted by Crippen LogP contribution is -2.34. The molecule has 0 bridgehead atoms. The van der Waals surface area contributed by atoms with Crippen molar-refractivity contribution in [3.05, 3.63) is 60.2 Å². The fourth-order valence-corrected chi connectivity index (χ4v) is 3.17. The molecular formula is C19H20N2O3S. The third kappa shape index (κ3) is 4.84. The molecule has 2 aromatic carbocycles. The topological polar surface area (TPSA) is 55.6 Å².